The number of thiophene rings is 1. The van der Waals surface area contributed by atoms with Crippen molar-refractivity contribution in [1.29, 1.82) is 0 Å². The van der Waals surface area contributed by atoms with Crippen molar-refractivity contribution in [3.8, 4) is 0 Å². The van der Waals surface area contributed by atoms with E-state index in [4.69, 9.17) is 4.74 Å². The third-order valence-electron chi connectivity index (χ3n) is 3.52. The lowest BCUT2D eigenvalue weighted by molar-refractivity contribution is 0.00567. The highest BCUT2D eigenvalue weighted by Crippen LogP contribution is 2.22. The van der Waals surface area contributed by atoms with E-state index in [1.807, 2.05) is 6.92 Å². The van der Waals surface area contributed by atoms with Crippen LogP contribution in [-0.4, -0.2) is 39.4 Å². The molecule has 0 spiro atoms. The molecule has 0 unspecified atom stereocenters. The summed E-state index contributed by atoms with van der Waals surface area (Å²) < 4.78 is 32.1. The van der Waals surface area contributed by atoms with Gasteiger partial charge in [-0.1, -0.05) is 0 Å². The molecular formula is C13H21NO4S2. The van der Waals surface area contributed by atoms with Crippen molar-refractivity contribution >= 4 is 21.4 Å². The van der Waals surface area contributed by atoms with Crippen LogP contribution in [0.3, 0.4) is 0 Å². The summed E-state index contributed by atoms with van der Waals surface area (Å²) in [6, 6.07) is 3.40. The SMILES string of the molecule is Cc1ccc(S(=O)(=O)NCC[C@@H](O)C2CCOCC2)s1. The van der Waals surface area contributed by atoms with Crippen LogP contribution in [0, 0.1) is 12.8 Å². The molecule has 0 bridgehead atoms. The predicted molar refractivity (Wildman–Crippen MR) is 78.4 cm³/mol. The first kappa shape index (κ1) is 15.9. The number of aliphatic hydroxyl groups is 1. The molecule has 0 amide bonds. The number of aliphatic hydroxyl groups excluding tert-OH is 1. The summed E-state index contributed by atoms with van der Waals surface area (Å²) in [6.45, 7) is 3.50. The first-order valence-electron chi connectivity index (χ1n) is 6.81. The van der Waals surface area contributed by atoms with Crippen LogP contribution in [-0.2, 0) is 14.8 Å². The standard InChI is InChI=1S/C13H21NO4S2/c1-10-2-3-13(19-10)20(16,17)14-7-4-12(15)11-5-8-18-9-6-11/h2-3,11-12,14-15H,4-9H2,1H3/t12-/m1/s1. The molecule has 1 aromatic heterocycles. The van der Waals surface area contributed by atoms with Gasteiger partial charge in [0.05, 0.1) is 6.10 Å². The van der Waals surface area contributed by atoms with Crippen molar-refractivity contribution in [2.75, 3.05) is 19.8 Å². The normalized spacial score (nSPS) is 19.1. The monoisotopic (exact) mass is 319 g/mol. The Labute approximate surface area is 124 Å². The van der Waals surface area contributed by atoms with Crippen LogP contribution in [0.15, 0.2) is 16.3 Å². The number of rotatable bonds is 6. The van der Waals surface area contributed by atoms with Crippen molar-refractivity contribution in [3.05, 3.63) is 17.0 Å². The van der Waals surface area contributed by atoms with E-state index in [0.29, 0.717) is 23.8 Å². The number of hydrogen-bond acceptors (Lipinski definition) is 5. The molecule has 0 saturated carbocycles. The first-order valence-corrected chi connectivity index (χ1v) is 9.11. The van der Waals surface area contributed by atoms with E-state index in [1.54, 1.807) is 12.1 Å². The summed E-state index contributed by atoms with van der Waals surface area (Å²) >= 11 is 1.25. The second-order valence-corrected chi connectivity index (χ2v) is 8.35. The maximum atomic E-state index is 12.0. The minimum Gasteiger partial charge on any atom is -0.393 e. The highest BCUT2D eigenvalue weighted by Gasteiger charge is 2.23. The topological polar surface area (TPSA) is 75.6 Å². The van der Waals surface area contributed by atoms with Gasteiger partial charge in [-0.3, -0.25) is 0 Å². The lowest BCUT2D eigenvalue weighted by Crippen LogP contribution is -2.32. The number of sulfonamides is 1. The zero-order valence-electron chi connectivity index (χ0n) is 11.5. The molecule has 2 rings (SSSR count). The Bertz CT molecular complexity index is 520. The van der Waals surface area contributed by atoms with Gasteiger partial charge in [-0.2, -0.15) is 0 Å². The summed E-state index contributed by atoms with van der Waals surface area (Å²) in [4.78, 5) is 0.965. The van der Waals surface area contributed by atoms with Crippen LogP contribution < -0.4 is 4.72 Å². The van der Waals surface area contributed by atoms with E-state index >= 15 is 0 Å². The Kier molecular flexibility index (Phi) is 5.57. The lowest BCUT2D eigenvalue weighted by atomic mass is 9.92. The maximum Gasteiger partial charge on any atom is 0.250 e. The van der Waals surface area contributed by atoms with E-state index < -0.39 is 16.1 Å². The Hall–Kier alpha value is -0.470. The van der Waals surface area contributed by atoms with Crippen molar-refractivity contribution in [2.24, 2.45) is 5.92 Å². The van der Waals surface area contributed by atoms with Crippen LogP contribution in [0.1, 0.15) is 24.1 Å². The van der Waals surface area contributed by atoms with Crippen LogP contribution >= 0.6 is 11.3 Å². The number of hydrogen-bond donors (Lipinski definition) is 2. The Morgan fingerprint density at radius 3 is 2.75 bits per heavy atom. The van der Waals surface area contributed by atoms with E-state index in [2.05, 4.69) is 4.72 Å². The van der Waals surface area contributed by atoms with Gasteiger partial charge in [-0.15, -0.1) is 11.3 Å². The Balaban J connectivity index is 1.80. The molecule has 2 heterocycles. The zero-order chi connectivity index (χ0) is 14.6. The highest BCUT2D eigenvalue weighted by molar-refractivity contribution is 7.91. The smallest absolute Gasteiger partial charge is 0.250 e. The molecule has 7 heteroatoms. The molecule has 1 aliphatic rings. The van der Waals surface area contributed by atoms with Crippen molar-refractivity contribution in [2.45, 2.75) is 36.5 Å². The quantitative estimate of drug-likeness (QED) is 0.833. The molecule has 1 saturated heterocycles. The highest BCUT2D eigenvalue weighted by atomic mass is 32.2. The van der Waals surface area contributed by atoms with E-state index in [1.165, 1.54) is 11.3 Å². The van der Waals surface area contributed by atoms with Crippen LogP contribution in [0.4, 0.5) is 0 Å². The minimum absolute atomic E-state index is 0.220. The fourth-order valence-electron chi connectivity index (χ4n) is 2.31. The second-order valence-electron chi connectivity index (χ2n) is 5.07. The molecule has 5 nitrogen and oxygen atoms in total. The van der Waals surface area contributed by atoms with Gasteiger partial charge in [-0.05, 0) is 44.2 Å². The largest absolute Gasteiger partial charge is 0.393 e. The molecule has 114 valence electrons. The van der Waals surface area contributed by atoms with Gasteiger partial charge in [0.1, 0.15) is 4.21 Å². The first-order chi connectivity index (χ1) is 9.49. The lowest BCUT2D eigenvalue weighted by Gasteiger charge is -2.26. The van der Waals surface area contributed by atoms with Crippen molar-refractivity contribution in [3.63, 3.8) is 0 Å². The van der Waals surface area contributed by atoms with Gasteiger partial charge in [0, 0.05) is 24.6 Å². The summed E-state index contributed by atoms with van der Waals surface area (Å²) in [6.07, 6.45) is 1.66. The third-order valence-corrected chi connectivity index (χ3v) is 6.48. The van der Waals surface area contributed by atoms with Crippen molar-refractivity contribution < 1.29 is 18.3 Å². The molecule has 2 N–H and O–H groups in total. The minimum atomic E-state index is -3.43. The van der Waals surface area contributed by atoms with E-state index in [-0.39, 0.29) is 12.5 Å². The van der Waals surface area contributed by atoms with Crippen molar-refractivity contribution in [1.82, 2.24) is 4.72 Å². The van der Waals surface area contributed by atoms with Crippen LogP contribution in [0.5, 0.6) is 0 Å². The van der Waals surface area contributed by atoms with Gasteiger partial charge in [0.15, 0.2) is 0 Å². The average molecular weight is 319 g/mol. The van der Waals surface area contributed by atoms with E-state index in [9.17, 15) is 13.5 Å². The molecule has 1 aliphatic heterocycles. The van der Waals surface area contributed by atoms with Crippen LogP contribution in [0.25, 0.3) is 0 Å². The average Bonchev–Trinajstić information content (AvgIpc) is 2.87. The van der Waals surface area contributed by atoms with Gasteiger partial charge in [0.2, 0.25) is 10.0 Å². The molecule has 0 radical (unpaired) electrons. The van der Waals surface area contributed by atoms with Gasteiger partial charge in [0.25, 0.3) is 0 Å². The fraction of sp³-hybridized carbons (Fsp3) is 0.692. The van der Waals surface area contributed by atoms with Crippen LogP contribution in [0.2, 0.25) is 0 Å². The molecule has 0 aliphatic carbocycles. The maximum absolute atomic E-state index is 12.0. The Morgan fingerprint density at radius 2 is 2.15 bits per heavy atom. The summed E-state index contributed by atoms with van der Waals surface area (Å²) in [5.74, 6) is 0.220. The molecule has 1 aromatic rings. The summed E-state index contributed by atoms with van der Waals surface area (Å²) in [7, 11) is -3.43. The van der Waals surface area contributed by atoms with Gasteiger partial charge < -0.3 is 9.84 Å². The number of ether oxygens (including phenoxy) is 1. The predicted octanol–water partition coefficient (Wildman–Crippen LogP) is 1.51. The fourth-order valence-corrected chi connectivity index (χ4v) is 4.68. The van der Waals surface area contributed by atoms with Gasteiger partial charge in [-0.25, -0.2) is 13.1 Å². The number of aryl methyl sites for hydroxylation is 1. The zero-order valence-corrected chi connectivity index (χ0v) is 13.2. The molecule has 1 atom stereocenters. The Morgan fingerprint density at radius 1 is 1.45 bits per heavy atom. The molecular weight excluding hydrogens is 298 g/mol. The van der Waals surface area contributed by atoms with E-state index in [0.717, 1.165) is 17.7 Å². The molecule has 0 aromatic carbocycles. The summed E-state index contributed by atoms with van der Waals surface area (Å²) in [5, 5.41) is 10.1. The number of nitrogens with one attached hydrogen (secondary N) is 1. The molecule has 20 heavy (non-hydrogen) atoms. The third kappa shape index (κ3) is 4.26. The second kappa shape index (κ2) is 7.00. The molecule has 1 fully saturated rings. The summed E-state index contributed by atoms with van der Waals surface area (Å²) in [5.41, 5.74) is 0. The van der Waals surface area contributed by atoms with Gasteiger partial charge >= 0.3 is 0 Å².